The average molecular weight is 372 g/mol. The molecule has 2 N–H and O–H groups in total. The van der Waals surface area contributed by atoms with Gasteiger partial charge in [0.05, 0.1) is 11.5 Å². The van der Waals surface area contributed by atoms with Gasteiger partial charge in [-0.2, -0.15) is 0 Å². The van der Waals surface area contributed by atoms with E-state index in [9.17, 15) is 14.4 Å². The first-order valence-corrected chi connectivity index (χ1v) is 9.49. The van der Waals surface area contributed by atoms with Crippen molar-refractivity contribution in [3.63, 3.8) is 0 Å². The number of urea groups is 1. The lowest BCUT2D eigenvalue weighted by atomic mass is 9.77. The summed E-state index contributed by atoms with van der Waals surface area (Å²) in [5, 5.41) is 5.78. The molecule has 2 aliphatic rings. The van der Waals surface area contributed by atoms with Gasteiger partial charge in [-0.1, -0.05) is 12.1 Å². The number of hydrogen-bond donors (Lipinski definition) is 2. The Morgan fingerprint density at radius 3 is 2.41 bits per heavy atom. The summed E-state index contributed by atoms with van der Waals surface area (Å²) < 4.78 is 0. The first-order valence-electron chi connectivity index (χ1n) is 9.49. The first-order chi connectivity index (χ1) is 12.8. The molecule has 1 aromatic rings. The molecule has 2 fully saturated rings. The largest absolute Gasteiger partial charge is 0.345 e. The summed E-state index contributed by atoms with van der Waals surface area (Å²) in [5.41, 5.74) is 1.38. The SMILES string of the molecule is CC(=O)Nc1cccc(C(C)NC(=O)N2CCC3(CCN(C)C3=O)CC2)c1. The predicted molar refractivity (Wildman–Crippen MR) is 103 cm³/mol. The van der Waals surface area contributed by atoms with Crippen molar-refractivity contribution < 1.29 is 14.4 Å². The van der Waals surface area contributed by atoms with Gasteiger partial charge in [-0.05, 0) is 43.9 Å². The minimum Gasteiger partial charge on any atom is -0.345 e. The molecule has 0 saturated carbocycles. The van der Waals surface area contributed by atoms with Crippen molar-refractivity contribution in [2.75, 3.05) is 32.0 Å². The van der Waals surface area contributed by atoms with Crippen molar-refractivity contribution in [1.82, 2.24) is 15.1 Å². The van der Waals surface area contributed by atoms with Crippen molar-refractivity contribution >= 4 is 23.5 Å². The maximum atomic E-state index is 12.6. The number of amides is 4. The van der Waals surface area contributed by atoms with Gasteiger partial charge >= 0.3 is 6.03 Å². The van der Waals surface area contributed by atoms with Crippen molar-refractivity contribution in [3.8, 4) is 0 Å². The first kappa shape index (κ1) is 19.2. The van der Waals surface area contributed by atoms with E-state index >= 15 is 0 Å². The smallest absolute Gasteiger partial charge is 0.317 e. The van der Waals surface area contributed by atoms with E-state index < -0.39 is 0 Å². The maximum Gasteiger partial charge on any atom is 0.317 e. The van der Waals surface area contributed by atoms with Crippen LogP contribution in [0.1, 0.15) is 44.7 Å². The Morgan fingerprint density at radius 1 is 1.15 bits per heavy atom. The van der Waals surface area contributed by atoms with E-state index in [0.29, 0.717) is 18.8 Å². The molecule has 0 bridgehead atoms. The Balaban J connectivity index is 1.57. The van der Waals surface area contributed by atoms with Crippen LogP contribution in [-0.4, -0.2) is 54.3 Å². The van der Waals surface area contributed by atoms with Crippen LogP contribution in [0.3, 0.4) is 0 Å². The number of benzene rings is 1. The highest BCUT2D eigenvalue weighted by atomic mass is 16.2. The normalized spacial score (nSPS) is 19.9. The molecule has 0 radical (unpaired) electrons. The zero-order chi connectivity index (χ0) is 19.6. The lowest BCUT2D eigenvalue weighted by Gasteiger charge is -2.38. The molecule has 2 heterocycles. The Hall–Kier alpha value is -2.57. The summed E-state index contributed by atoms with van der Waals surface area (Å²) in [5.74, 6) is 0.101. The second kappa shape index (κ2) is 7.58. The van der Waals surface area contributed by atoms with Gasteiger partial charge in [-0.15, -0.1) is 0 Å². The van der Waals surface area contributed by atoms with Crippen molar-refractivity contribution in [1.29, 1.82) is 0 Å². The molecule has 7 nitrogen and oxygen atoms in total. The second-order valence-electron chi connectivity index (χ2n) is 7.72. The molecular formula is C20H28N4O3. The van der Waals surface area contributed by atoms with Crippen LogP contribution < -0.4 is 10.6 Å². The standard InChI is InChI=1S/C20H28N4O3/c1-14(16-5-4-6-17(13-16)22-15(2)25)21-19(27)24-11-8-20(9-12-24)7-10-23(3)18(20)26/h4-6,13-14H,7-12H2,1-3H3,(H,21,27)(H,22,25). The van der Waals surface area contributed by atoms with Crippen molar-refractivity contribution in [3.05, 3.63) is 29.8 Å². The highest BCUT2D eigenvalue weighted by Gasteiger charge is 2.47. The quantitative estimate of drug-likeness (QED) is 0.855. The number of rotatable bonds is 3. The predicted octanol–water partition coefficient (Wildman–Crippen LogP) is 2.36. The number of hydrogen-bond acceptors (Lipinski definition) is 3. The third-order valence-corrected chi connectivity index (χ3v) is 5.78. The lowest BCUT2D eigenvalue weighted by molar-refractivity contribution is -0.137. The molecule has 4 amide bonds. The van der Waals surface area contributed by atoms with Crippen LogP contribution in [0, 0.1) is 5.41 Å². The van der Waals surface area contributed by atoms with Crippen LogP contribution in [0.15, 0.2) is 24.3 Å². The van der Waals surface area contributed by atoms with Gasteiger partial charge in [0, 0.05) is 39.3 Å². The monoisotopic (exact) mass is 372 g/mol. The summed E-state index contributed by atoms with van der Waals surface area (Å²) in [7, 11) is 1.85. The molecular weight excluding hydrogens is 344 g/mol. The van der Waals surface area contributed by atoms with Crippen LogP contribution in [0.25, 0.3) is 0 Å². The molecule has 0 aliphatic carbocycles. The summed E-state index contributed by atoms with van der Waals surface area (Å²) in [6.45, 7) is 5.40. The fraction of sp³-hybridized carbons (Fsp3) is 0.550. The third kappa shape index (κ3) is 4.07. The molecule has 1 aromatic carbocycles. The molecule has 2 aliphatic heterocycles. The summed E-state index contributed by atoms with van der Waals surface area (Å²) >= 11 is 0. The Kier molecular flexibility index (Phi) is 5.39. The van der Waals surface area contributed by atoms with E-state index in [1.54, 1.807) is 9.80 Å². The van der Waals surface area contributed by atoms with Gasteiger partial charge in [0.15, 0.2) is 0 Å². The summed E-state index contributed by atoms with van der Waals surface area (Å²) in [6, 6.07) is 7.18. The Morgan fingerprint density at radius 2 is 1.81 bits per heavy atom. The summed E-state index contributed by atoms with van der Waals surface area (Å²) in [4.78, 5) is 39.9. The number of likely N-dealkylation sites (tertiary alicyclic amines) is 2. The van der Waals surface area contributed by atoms with Gasteiger partial charge in [0.1, 0.15) is 0 Å². The van der Waals surface area contributed by atoms with Crippen molar-refractivity contribution in [2.24, 2.45) is 5.41 Å². The van der Waals surface area contributed by atoms with Gasteiger partial charge in [-0.25, -0.2) is 4.79 Å². The number of piperidine rings is 1. The molecule has 27 heavy (non-hydrogen) atoms. The summed E-state index contributed by atoms with van der Waals surface area (Å²) in [6.07, 6.45) is 2.36. The van der Waals surface area contributed by atoms with E-state index in [-0.39, 0.29) is 29.3 Å². The fourth-order valence-corrected chi connectivity index (χ4v) is 4.05. The van der Waals surface area contributed by atoms with Gasteiger partial charge in [0.25, 0.3) is 0 Å². The fourth-order valence-electron chi connectivity index (χ4n) is 4.05. The van der Waals surface area contributed by atoms with Gasteiger partial charge in [-0.3, -0.25) is 9.59 Å². The van der Waals surface area contributed by atoms with E-state index in [4.69, 9.17) is 0 Å². The zero-order valence-corrected chi connectivity index (χ0v) is 16.2. The minimum atomic E-state index is -0.260. The van der Waals surface area contributed by atoms with Crippen LogP contribution in [0.2, 0.25) is 0 Å². The second-order valence-corrected chi connectivity index (χ2v) is 7.72. The van der Waals surface area contributed by atoms with Gasteiger partial charge < -0.3 is 20.4 Å². The molecule has 0 aromatic heterocycles. The molecule has 7 heteroatoms. The highest BCUT2D eigenvalue weighted by Crippen LogP contribution is 2.40. The Labute approximate surface area is 160 Å². The van der Waals surface area contributed by atoms with E-state index in [2.05, 4.69) is 10.6 Å². The van der Waals surface area contributed by atoms with Crippen LogP contribution in [0.5, 0.6) is 0 Å². The number of anilines is 1. The van der Waals surface area contributed by atoms with Crippen LogP contribution in [0.4, 0.5) is 10.5 Å². The molecule has 1 unspecified atom stereocenters. The molecule has 3 rings (SSSR count). The van der Waals surface area contributed by atoms with E-state index in [0.717, 1.165) is 31.4 Å². The van der Waals surface area contributed by atoms with E-state index in [1.165, 1.54) is 6.92 Å². The number of carbonyl (C=O) groups excluding carboxylic acids is 3. The zero-order valence-electron chi connectivity index (χ0n) is 16.2. The number of carbonyl (C=O) groups is 3. The highest BCUT2D eigenvalue weighted by molar-refractivity contribution is 5.88. The maximum absolute atomic E-state index is 12.6. The molecule has 2 saturated heterocycles. The third-order valence-electron chi connectivity index (χ3n) is 5.78. The molecule has 1 atom stereocenters. The number of nitrogens with zero attached hydrogens (tertiary/aromatic N) is 2. The average Bonchev–Trinajstić information content (AvgIpc) is 2.90. The van der Waals surface area contributed by atoms with Crippen molar-refractivity contribution in [2.45, 2.75) is 39.2 Å². The number of nitrogens with one attached hydrogen (secondary N) is 2. The topological polar surface area (TPSA) is 81.8 Å². The molecule has 146 valence electrons. The van der Waals surface area contributed by atoms with Gasteiger partial charge in [0.2, 0.25) is 11.8 Å². The van der Waals surface area contributed by atoms with E-state index in [1.807, 2.05) is 38.2 Å². The van der Waals surface area contributed by atoms with Crippen LogP contribution in [-0.2, 0) is 9.59 Å². The molecule has 1 spiro atoms. The lowest BCUT2D eigenvalue weighted by Crippen LogP contribution is -2.49. The minimum absolute atomic E-state index is 0.110. The van der Waals surface area contributed by atoms with Crippen LogP contribution >= 0.6 is 0 Å². The Bertz CT molecular complexity index is 740.